The number of halogens is 4. The molecule has 0 saturated heterocycles. The molecule has 0 radical (unpaired) electrons. The van der Waals surface area contributed by atoms with E-state index in [2.05, 4.69) is 25.6 Å². The third kappa shape index (κ3) is 7.79. The average Bonchev–Trinajstić information content (AvgIpc) is 3.27. The van der Waals surface area contributed by atoms with Gasteiger partial charge in [0.2, 0.25) is 17.7 Å². The zero-order chi connectivity index (χ0) is 30.4. The Kier molecular flexibility index (Phi) is 9.74. The predicted octanol–water partition coefficient (Wildman–Crippen LogP) is 5.28. The van der Waals surface area contributed by atoms with Crippen molar-refractivity contribution in [2.24, 2.45) is 7.05 Å². The number of anilines is 4. The van der Waals surface area contributed by atoms with E-state index in [9.17, 15) is 18.0 Å². The maximum Gasteiger partial charge on any atom is 0.422 e. The maximum atomic E-state index is 13.2. The third-order valence-corrected chi connectivity index (χ3v) is 6.44. The summed E-state index contributed by atoms with van der Waals surface area (Å²) < 4.78 is 46.7. The zero-order valence-corrected chi connectivity index (χ0v) is 24.4. The molecule has 0 saturated carbocycles. The van der Waals surface area contributed by atoms with Gasteiger partial charge in [-0.05, 0) is 32.3 Å². The fraction of sp³-hybridized carbons (Fsp3) is 0.357. The number of ether oxygens (including phenoxy) is 1. The van der Waals surface area contributed by atoms with Crippen molar-refractivity contribution in [1.29, 1.82) is 0 Å². The Morgan fingerprint density at radius 3 is 2.57 bits per heavy atom. The number of carbonyl (C=O) groups excluding carboxylic acids is 1. The summed E-state index contributed by atoms with van der Waals surface area (Å²) in [7, 11) is 7.43. The van der Waals surface area contributed by atoms with E-state index in [1.54, 1.807) is 24.2 Å². The molecule has 0 aliphatic rings. The number of aryl methyl sites for hydroxylation is 1. The second-order valence-corrected chi connectivity index (χ2v) is 10.3. The molecule has 42 heavy (non-hydrogen) atoms. The number of hydrogen-bond donors (Lipinski definition) is 2. The number of carbonyl (C=O) groups is 1. The number of benzene rings is 1. The Morgan fingerprint density at radius 1 is 1.10 bits per heavy atom. The van der Waals surface area contributed by atoms with Crippen molar-refractivity contribution in [2.75, 3.05) is 62.3 Å². The number of rotatable bonds is 12. The van der Waals surface area contributed by atoms with Gasteiger partial charge in [-0.3, -0.25) is 4.79 Å². The lowest BCUT2D eigenvalue weighted by atomic mass is 10.1. The minimum Gasteiger partial charge on any atom is -0.466 e. The number of para-hydroxylation sites is 1. The first kappa shape index (κ1) is 30.8. The van der Waals surface area contributed by atoms with E-state index in [1.807, 2.05) is 61.1 Å². The second kappa shape index (κ2) is 13.3. The summed E-state index contributed by atoms with van der Waals surface area (Å²) in [6.07, 6.45) is -1.08. The highest BCUT2D eigenvalue weighted by Crippen LogP contribution is 2.36. The predicted molar refractivity (Wildman–Crippen MR) is 159 cm³/mol. The maximum absolute atomic E-state index is 13.2. The minimum absolute atomic E-state index is 0.0354. The number of alkyl halides is 4. The number of hydrogen-bond acceptors (Lipinski definition) is 8. The first-order valence-corrected chi connectivity index (χ1v) is 13.6. The monoisotopic (exact) mass is 604 g/mol. The summed E-state index contributed by atoms with van der Waals surface area (Å²) >= 11 is 5.75. The molecule has 1 amide bonds. The Labute approximate surface area is 246 Å². The average molecular weight is 605 g/mol. The number of amides is 1. The molecule has 10 nitrogen and oxygen atoms in total. The fourth-order valence-electron chi connectivity index (χ4n) is 4.21. The molecule has 0 aliphatic heterocycles. The normalized spacial score (nSPS) is 11.6. The van der Waals surface area contributed by atoms with E-state index in [4.69, 9.17) is 16.3 Å². The lowest BCUT2D eigenvalue weighted by Crippen LogP contribution is -2.30. The highest BCUT2D eigenvalue weighted by Gasteiger charge is 2.30. The van der Waals surface area contributed by atoms with Crippen LogP contribution in [0.5, 0.6) is 5.88 Å². The van der Waals surface area contributed by atoms with E-state index in [0.717, 1.165) is 16.5 Å². The molecular weight excluding hydrogens is 573 g/mol. The van der Waals surface area contributed by atoms with Crippen molar-refractivity contribution in [3.63, 3.8) is 0 Å². The van der Waals surface area contributed by atoms with Crippen LogP contribution in [0.2, 0.25) is 0 Å². The standard InChI is InChI=1S/C28H32ClF3N8O2/c1-38(2)13-14-39(3)25-21(34-24(41)9-11-29)15-22(26(37-25)42-17-28(30,31)32)36-27-33-12-10-20(35-27)19-16-40(4)23-8-6-5-7-18(19)23/h5-8,10,12,15-16H,9,11,13-14,17H2,1-4H3,(H,34,41)(H,33,35,36). The topological polar surface area (TPSA) is 100 Å². The van der Waals surface area contributed by atoms with Crippen molar-refractivity contribution in [1.82, 2.24) is 24.4 Å². The Morgan fingerprint density at radius 2 is 1.86 bits per heavy atom. The van der Waals surface area contributed by atoms with E-state index in [-0.39, 0.29) is 47.2 Å². The van der Waals surface area contributed by atoms with Crippen LogP contribution in [-0.4, -0.2) is 83.2 Å². The van der Waals surface area contributed by atoms with Gasteiger partial charge < -0.3 is 29.7 Å². The van der Waals surface area contributed by atoms with Crippen LogP contribution in [-0.2, 0) is 11.8 Å². The summed E-state index contributed by atoms with van der Waals surface area (Å²) in [5.74, 6) is -0.275. The SMILES string of the molecule is CN(C)CCN(C)c1nc(OCC(F)(F)F)c(Nc2nccc(-c3cn(C)c4ccccc34)n2)cc1NC(=O)CCCl. The highest BCUT2D eigenvalue weighted by molar-refractivity contribution is 6.19. The van der Waals surface area contributed by atoms with Gasteiger partial charge in [-0.15, -0.1) is 11.6 Å². The van der Waals surface area contributed by atoms with Crippen LogP contribution in [0.4, 0.5) is 36.3 Å². The van der Waals surface area contributed by atoms with Crippen LogP contribution < -0.4 is 20.3 Å². The van der Waals surface area contributed by atoms with Crippen LogP contribution in [0.15, 0.2) is 48.8 Å². The quantitative estimate of drug-likeness (QED) is 0.211. The van der Waals surface area contributed by atoms with E-state index in [1.165, 1.54) is 6.07 Å². The lowest BCUT2D eigenvalue weighted by Gasteiger charge is -2.25. The van der Waals surface area contributed by atoms with Crippen molar-refractivity contribution >= 4 is 51.6 Å². The molecule has 0 unspecified atom stereocenters. The van der Waals surface area contributed by atoms with Crippen LogP contribution in [0, 0.1) is 0 Å². The molecule has 14 heteroatoms. The number of fused-ring (bicyclic) bond motifs is 1. The summed E-state index contributed by atoms with van der Waals surface area (Å²) in [5.41, 5.74) is 2.78. The van der Waals surface area contributed by atoms with Gasteiger partial charge in [-0.1, -0.05) is 18.2 Å². The number of nitrogens with zero attached hydrogens (tertiary/aromatic N) is 6. The van der Waals surface area contributed by atoms with Gasteiger partial charge in [0.05, 0.1) is 11.4 Å². The van der Waals surface area contributed by atoms with E-state index >= 15 is 0 Å². The van der Waals surface area contributed by atoms with Crippen LogP contribution in [0.3, 0.4) is 0 Å². The third-order valence-electron chi connectivity index (χ3n) is 6.25. The molecule has 4 aromatic rings. The van der Waals surface area contributed by atoms with Crippen molar-refractivity contribution < 1.29 is 22.7 Å². The number of aromatic nitrogens is 4. The highest BCUT2D eigenvalue weighted by atomic mass is 35.5. The molecule has 1 aromatic carbocycles. The van der Waals surface area contributed by atoms with Gasteiger partial charge in [0.15, 0.2) is 12.4 Å². The van der Waals surface area contributed by atoms with Crippen LogP contribution in [0.25, 0.3) is 22.2 Å². The van der Waals surface area contributed by atoms with Crippen molar-refractivity contribution in [2.45, 2.75) is 12.6 Å². The number of pyridine rings is 1. The summed E-state index contributed by atoms with van der Waals surface area (Å²) in [6.45, 7) is -0.467. The number of nitrogens with one attached hydrogen (secondary N) is 2. The fourth-order valence-corrected chi connectivity index (χ4v) is 4.38. The summed E-state index contributed by atoms with van der Waals surface area (Å²) in [6, 6.07) is 11.0. The summed E-state index contributed by atoms with van der Waals surface area (Å²) in [4.78, 5) is 29.5. The Balaban J connectivity index is 1.76. The largest absolute Gasteiger partial charge is 0.466 e. The molecular formula is C28H32ClF3N8O2. The van der Waals surface area contributed by atoms with Gasteiger partial charge in [0.1, 0.15) is 5.69 Å². The molecule has 0 fully saturated rings. The smallest absolute Gasteiger partial charge is 0.422 e. The Bertz CT molecular complexity index is 1540. The molecule has 224 valence electrons. The number of likely N-dealkylation sites (N-methyl/N-ethyl adjacent to an activating group) is 2. The van der Waals surface area contributed by atoms with Gasteiger partial charge in [-0.25, -0.2) is 9.97 Å². The van der Waals surface area contributed by atoms with Crippen LogP contribution >= 0.6 is 11.6 Å². The van der Waals surface area contributed by atoms with E-state index in [0.29, 0.717) is 18.8 Å². The second-order valence-electron chi connectivity index (χ2n) is 9.89. The van der Waals surface area contributed by atoms with Gasteiger partial charge in [0.25, 0.3) is 0 Å². The molecule has 3 heterocycles. The van der Waals surface area contributed by atoms with Gasteiger partial charge in [-0.2, -0.15) is 18.2 Å². The zero-order valence-electron chi connectivity index (χ0n) is 23.7. The molecule has 0 spiro atoms. The molecule has 4 rings (SSSR count). The molecule has 0 aliphatic carbocycles. The minimum atomic E-state index is -4.60. The molecule has 0 bridgehead atoms. The first-order valence-electron chi connectivity index (χ1n) is 13.1. The molecule has 2 N–H and O–H groups in total. The molecule has 0 atom stereocenters. The van der Waals surface area contributed by atoms with Gasteiger partial charge in [0, 0.05) is 68.3 Å². The first-order chi connectivity index (χ1) is 19.9. The molecule has 3 aromatic heterocycles. The van der Waals surface area contributed by atoms with Crippen molar-refractivity contribution in [3.05, 3.63) is 48.8 Å². The lowest BCUT2D eigenvalue weighted by molar-refractivity contribution is -0.153. The van der Waals surface area contributed by atoms with E-state index < -0.39 is 12.8 Å². The van der Waals surface area contributed by atoms with Gasteiger partial charge >= 0.3 is 6.18 Å². The van der Waals surface area contributed by atoms with Crippen molar-refractivity contribution in [3.8, 4) is 17.1 Å². The van der Waals surface area contributed by atoms with Crippen LogP contribution in [0.1, 0.15) is 6.42 Å². The summed E-state index contributed by atoms with van der Waals surface area (Å²) in [5, 5.41) is 6.69. The Hall–Kier alpha value is -4.10.